The molecule has 0 aliphatic heterocycles. The van der Waals surface area contributed by atoms with E-state index in [0.717, 1.165) is 50.0 Å². The van der Waals surface area contributed by atoms with Gasteiger partial charge in [-0.05, 0) is 55.2 Å². The number of pyridine rings is 2. The van der Waals surface area contributed by atoms with Gasteiger partial charge >= 0.3 is 0 Å². The van der Waals surface area contributed by atoms with E-state index in [4.69, 9.17) is 8.53 Å². The van der Waals surface area contributed by atoms with Gasteiger partial charge in [-0.25, -0.2) is 0 Å². The van der Waals surface area contributed by atoms with Gasteiger partial charge in [-0.1, -0.05) is 52.9 Å². The minimum absolute atomic E-state index is 0. The number of para-hydroxylation sites is 1. The molecular formula is C31H24IrN2O-2. The van der Waals surface area contributed by atoms with Crippen molar-refractivity contribution in [1.82, 2.24) is 9.97 Å². The summed E-state index contributed by atoms with van der Waals surface area (Å²) < 4.78 is 28.0. The number of aromatic nitrogens is 2. The van der Waals surface area contributed by atoms with E-state index in [0.29, 0.717) is 5.56 Å². The molecule has 35 heavy (non-hydrogen) atoms. The number of rotatable bonds is 2. The molecule has 0 atom stereocenters. The van der Waals surface area contributed by atoms with Crippen molar-refractivity contribution < 1.29 is 28.6 Å². The summed E-state index contributed by atoms with van der Waals surface area (Å²) in [5, 5.41) is 2.22. The average Bonchev–Trinajstić information content (AvgIpc) is 3.27. The third kappa shape index (κ3) is 5.40. The summed E-state index contributed by atoms with van der Waals surface area (Å²) in [4.78, 5) is 8.58. The predicted molar refractivity (Wildman–Crippen MR) is 139 cm³/mol. The molecule has 0 spiro atoms. The van der Waals surface area contributed by atoms with E-state index in [-0.39, 0.29) is 20.1 Å². The van der Waals surface area contributed by atoms with E-state index in [1.165, 1.54) is 11.8 Å². The van der Waals surface area contributed by atoms with Gasteiger partial charge in [-0.15, -0.1) is 53.6 Å². The monoisotopic (exact) mass is 636 g/mol. The van der Waals surface area contributed by atoms with Gasteiger partial charge in [0.25, 0.3) is 0 Å². The summed E-state index contributed by atoms with van der Waals surface area (Å²) >= 11 is 0. The first-order chi connectivity index (χ1) is 17.8. The largest absolute Gasteiger partial charge is 0.476 e. The first-order valence-electron chi connectivity index (χ1n) is 12.5. The van der Waals surface area contributed by atoms with Gasteiger partial charge in [0.2, 0.25) is 0 Å². The minimum atomic E-state index is -2.10. The molecule has 1 radical (unpaired) electrons. The third-order valence-corrected chi connectivity index (χ3v) is 5.60. The van der Waals surface area contributed by atoms with E-state index in [9.17, 15) is 0 Å². The molecule has 0 unspecified atom stereocenters. The van der Waals surface area contributed by atoms with Gasteiger partial charge in [0.15, 0.2) is 0 Å². The molecular weight excluding hydrogens is 609 g/mol. The maximum atomic E-state index is 7.37. The van der Waals surface area contributed by atoms with Crippen LogP contribution in [0.5, 0.6) is 0 Å². The number of hydrogen-bond donors (Lipinski definition) is 0. The standard InChI is InChI=1S/C18H12NO.C13H12N.Ir/c1-12-8-9-19-16(10-12)13-6-7-15-14-4-2-3-5-17(14)20-18(15)11-13;1-10-8-13(14-9-11(10)2)12-6-4-3-5-7-12;/h2-5,7-11H,1H3;3-6,8-9H,1-2H3;/q2*-1;/i;2D3;. The van der Waals surface area contributed by atoms with Crippen molar-refractivity contribution in [2.75, 3.05) is 0 Å². The summed E-state index contributed by atoms with van der Waals surface area (Å²) in [6.45, 7) is 1.75. The molecule has 0 aliphatic carbocycles. The Hall–Kier alpha value is -3.59. The molecule has 0 saturated heterocycles. The molecule has 0 bridgehead atoms. The van der Waals surface area contributed by atoms with E-state index in [2.05, 4.69) is 41.2 Å². The Kier molecular flexibility index (Phi) is 6.39. The van der Waals surface area contributed by atoms with Crippen molar-refractivity contribution in [3.8, 4) is 22.5 Å². The van der Waals surface area contributed by atoms with Crippen molar-refractivity contribution in [2.24, 2.45) is 0 Å². The van der Waals surface area contributed by atoms with Crippen LogP contribution in [0.2, 0.25) is 0 Å². The third-order valence-electron chi connectivity index (χ3n) is 5.60. The van der Waals surface area contributed by atoms with Crippen LogP contribution in [-0.2, 0) is 20.1 Å². The molecule has 6 rings (SSSR count). The van der Waals surface area contributed by atoms with Gasteiger partial charge in [-0.3, -0.25) is 0 Å². The van der Waals surface area contributed by atoms with Crippen molar-refractivity contribution in [3.05, 3.63) is 120 Å². The van der Waals surface area contributed by atoms with Crippen LogP contribution in [0.25, 0.3) is 44.5 Å². The fraction of sp³-hybridized carbons (Fsp3) is 0.0968. The van der Waals surface area contributed by atoms with E-state index >= 15 is 0 Å². The number of nitrogens with zero attached hydrogens (tertiary/aromatic N) is 2. The van der Waals surface area contributed by atoms with Crippen molar-refractivity contribution in [2.45, 2.75) is 20.7 Å². The average molecular weight is 636 g/mol. The predicted octanol–water partition coefficient (Wildman–Crippen LogP) is 7.92. The maximum Gasteiger partial charge on any atom is 0.123 e. The molecule has 3 aromatic heterocycles. The van der Waals surface area contributed by atoms with Gasteiger partial charge in [-0.2, -0.15) is 0 Å². The second-order valence-electron chi connectivity index (χ2n) is 8.10. The second-order valence-corrected chi connectivity index (χ2v) is 8.10. The molecule has 3 nitrogen and oxygen atoms in total. The first-order valence-corrected chi connectivity index (χ1v) is 11.0. The van der Waals surface area contributed by atoms with Crippen LogP contribution in [-0.4, -0.2) is 9.97 Å². The first kappa shape index (κ1) is 20.8. The molecule has 4 heteroatoms. The Bertz CT molecular complexity index is 1700. The van der Waals surface area contributed by atoms with E-state index in [1.807, 2.05) is 66.9 Å². The maximum absolute atomic E-state index is 7.37. The smallest absolute Gasteiger partial charge is 0.123 e. The normalized spacial score (nSPS) is 12.1. The molecule has 0 N–H and O–H groups in total. The van der Waals surface area contributed by atoms with E-state index in [1.54, 1.807) is 13.0 Å². The summed E-state index contributed by atoms with van der Waals surface area (Å²) in [5.41, 5.74) is 7.50. The van der Waals surface area contributed by atoms with Crippen LogP contribution in [0.4, 0.5) is 0 Å². The van der Waals surface area contributed by atoms with Crippen molar-refractivity contribution in [3.63, 3.8) is 0 Å². The van der Waals surface area contributed by atoms with Crippen LogP contribution >= 0.6 is 0 Å². The molecule has 3 aromatic carbocycles. The summed E-state index contributed by atoms with van der Waals surface area (Å²) in [6.07, 6.45) is 3.25. The SMILES string of the molecule is Cc1ccnc(-c2[c-]cc3c(c2)oc2ccccc23)c1.[2H]C([2H])([2H])c1cnc(-c2[c-]cccc2)cc1C.[Ir]. The number of benzene rings is 3. The number of aryl methyl sites for hydroxylation is 3. The Morgan fingerprint density at radius 1 is 0.771 bits per heavy atom. The van der Waals surface area contributed by atoms with Crippen LogP contribution in [0.3, 0.4) is 0 Å². The Labute approximate surface area is 223 Å². The molecule has 6 aromatic rings. The zero-order valence-corrected chi connectivity index (χ0v) is 21.7. The molecule has 0 aliphatic rings. The van der Waals surface area contributed by atoms with Gasteiger partial charge in [0.05, 0.1) is 5.58 Å². The van der Waals surface area contributed by atoms with E-state index < -0.39 is 6.85 Å². The van der Waals surface area contributed by atoms with Crippen LogP contribution in [0.1, 0.15) is 20.8 Å². The number of furan rings is 1. The fourth-order valence-electron chi connectivity index (χ4n) is 3.75. The van der Waals surface area contributed by atoms with Gasteiger partial charge in [0, 0.05) is 36.6 Å². The second kappa shape index (κ2) is 10.8. The fourth-order valence-corrected chi connectivity index (χ4v) is 3.75. The van der Waals surface area contributed by atoms with Crippen LogP contribution in [0.15, 0.2) is 95.7 Å². The summed E-state index contributed by atoms with van der Waals surface area (Å²) in [6, 6.07) is 31.8. The zero-order valence-electron chi connectivity index (χ0n) is 22.3. The topological polar surface area (TPSA) is 38.9 Å². The zero-order chi connectivity index (χ0) is 26.0. The Morgan fingerprint density at radius 3 is 2.37 bits per heavy atom. The molecule has 0 saturated carbocycles. The Balaban J connectivity index is 0.000000175. The van der Waals surface area contributed by atoms with Crippen LogP contribution < -0.4 is 0 Å². The van der Waals surface area contributed by atoms with Crippen molar-refractivity contribution in [1.29, 1.82) is 0 Å². The quantitative estimate of drug-likeness (QED) is 0.182. The van der Waals surface area contributed by atoms with Crippen molar-refractivity contribution >= 4 is 21.9 Å². The number of fused-ring (bicyclic) bond motifs is 3. The van der Waals surface area contributed by atoms with Crippen LogP contribution in [0, 0.1) is 32.8 Å². The minimum Gasteiger partial charge on any atom is -0.476 e. The molecule has 0 amide bonds. The molecule has 0 fully saturated rings. The van der Waals surface area contributed by atoms with Gasteiger partial charge < -0.3 is 14.4 Å². The Morgan fingerprint density at radius 2 is 1.60 bits per heavy atom. The molecule has 175 valence electrons. The molecule has 3 heterocycles. The summed E-state index contributed by atoms with van der Waals surface area (Å²) in [5.74, 6) is 0. The number of hydrogen-bond acceptors (Lipinski definition) is 3. The van der Waals surface area contributed by atoms with Gasteiger partial charge in [0.1, 0.15) is 5.58 Å². The summed E-state index contributed by atoms with van der Waals surface area (Å²) in [7, 11) is 0.